The van der Waals surface area contributed by atoms with Crippen molar-refractivity contribution in [1.82, 2.24) is 9.97 Å². The van der Waals surface area contributed by atoms with Crippen LogP contribution < -0.4 is 16.6 Å². The Kier molecular flexibility index (Phi) is 5.21. The first-order valence-electron chi connectivity index (χ1n) is 5.44. The fourth-order valence-electron chi connectivity index (χ4n) is 1.42. The minimum Gasteiger partial charge on any atom is -0.396 e. The first kappa shape index (κ1) is 14.1. The third-order valence-corrected chi connectivity index (χ3v) is 2.25. The second-order valence-corrected chi connectivity index (χ2v) is 3.59. The highest BCUT2D eigenvalue weighted by Gasteiger charge is 2.21. The molecule has 0 saturated carbocycles. The molecule has 0 atom stereocenters. The van der Waals surface area contributed by atoms with Gasteiger partial charge in [-0.25, -0.2) is 10.8 Å². The van der Waals surface area contributed by atoms with Crippen LogP contribution in [0.5, 0.6) is 0 Å². The largest absolute Gasteiger partial charge is 0.396 e. The highest BCUT2D eigenvalue weighted by molar-refractivity contribution is 5.60. The highest BCUT2D eigenvalue weighted by Crippen LogP contribution is 2.26. The van der Waals surface area contributed by atoms with E-state index in [1.807, 2.05) is 0 Å². The second kappa shape index (κ2) is 6.67. The molecule has 18 heavy (non-hydrogen) atoms. The van der Waals surface area contributed by atoms with Gasteiger partial charge in [-0.05, 0) is 19.8 Å². The maximum absolute atomic E-state index is 10.9. The lowest BCUT2D eigenvalue weighted by molar-refractivity contribution is -0.385. The summed E-state index contributed by atoms with van der Waals surface area (Å²) in [6, 6.07) is 0. The second-order valence-electron chi connectivity index (χ2n) is 3.59. The lowest BCUT2D eigenvalue weighted by Crippen LogP contribution is -2.15. The molecule has 0 fully saturated rings. The number of aromatic nitrogens is 2. The van der Waals surface area contributed by atoms with Crippen LogP contribution in [0.3, 0.4) is 0 Å². The molecule has 0 aromatic carbocycles. The van der Waals surface area contributed by atoms with E-state index in [-0.39, 0.29) is 29.8 Å². The van der Waals surface area contributed by atoms with E-state index in [0.29, 0.717) is 19.4 Å². The van der Waals surface area contributed by atoms with E-state index in [4.69, 9.17) is 10.9 Å². The number of nitro groups is 1. The Balaban J connectivity index is 2.91. The van der Waals surface area contributed by atoms with Crippen molar-refractivity contribution >= 4 is 17.5 Å². The molecule has 0 aliphatic heterocycles. The van der Waals surface area contributed by atoms with Gasteiger partial charge in [-0.15, -0.1) is 0 Å². The zero-order valence-electron chi connectivity index (χ0n) is 10.0. The van der Waals surface area contributed by atoms with Gasteiger partial charge in [0.15, 0.2) is 0 Å². The van der Waals surface area contributed by atoms with Crippen molar-refractivity contribution in [3.8, 4) is 0 Å². The van der Waals surface area contributed by atoms with Crippen LogP contribution in [0.25, 0.3) is 0 Å². The molecule has 1 heterocycles. The van der Waals surface area contributed by atoms with Crippen molar-refractivity contribution in [3.05, 3.63) is 15.8 Å². The van der Waals surface area contributed by atoms with Gasteiger partial charge < -0.3 is 10.4 Å². The average molecular weight is 256 g/mol. The molecular weight excluding hydrogens is 240 g/mol. The highest BCUT2D eigenvalue weighted by atomic mass is 16.6. The quantitative estimate of drug-likeness (QED) is 0.234. The predicted molar refractivity (Wildman–Crippen MR) is 66.0 cm³/mol. The smallest absolute Gasteiger partial charge is 0.332 e. The number of rotatable bonds is 7. The maximum atomic E-state index is 10.9. The summed E-state index contributed by atoms with van der Waals surface area (Å²) in [7, 11) is 0. The molecule has 0 bridgehead atoms. The number of hydrazine groups is 1. The Morgan fingerprint density at radius 3 is 2.72 bits per heavy atom. The monoisotopic (exact) mass is 256 g/mol. The SMILES string of the molecule is Cc1nc(NN)nc(NCCCCO)c1[N+](=O)[O-]. The van der Waals surface area contributed by atoms with Crippen LogP contribution in [0.15, 0.2) is 0 Å². The van der Waals surface area contributed by atoms with Crippen molar-refractivity contribution in [2.24, 2.45) is 5.84 Å². The third-order valence-electron chi connectivity index (χ3n) is 2.25. The van der Waals surface area contributed by atoms with Crippen LogP contribution in [0.4, 0.5) is 17.5 Å². The molecule has 100 valence electrons. The van der Waals surface area contributed by atoms with E-state index in [0.717, 1.165) is 0 Å². The van der Waals surface area contributed by atoms with Gasteiger partial charge in [0, 0.05) is 13.2 Å². The molecule has 1 aromatic heterocycles. The van der Waals surface area contributed by atoms with Gasteiger partial charge in [-0.1, -0.05) is 0 Å². The number of anilines is 2. The Morgan fingerprint density at radius 2 is 2.17 bits per heavy atom. The molecule has 5 N–H and O–H groups in total. The minimum atomic E-state index is -0.538. The fourth-order valence-corrected chi connectivity index (χ4v) is 1.42. The van der Waals surface area contributed by atoms with Crippen molar-refractivity contribution in [2.75, 3.05) is 23.9 Å². The Bertz CT molecular complexity index is 425. The van der Waals surface area contributed by atoms with E-state index in [9.17, 15) is 10.1 Å². The number of aryl methyl sites for hydroxylation is 1. The summed E-state index contributed by atoms with van der Waals surface area (Å²) in [5.74, 6) is 5.42. The van der Waals surface area contributed by atoms with Crippen molar-refractivity contribution in [2.45, 2.75) is 19.8 Å². The van der Waals surface area contributed by atoms with E-state index in [1.165, 1.54) is 6.92 Å². The normalized spacial score (nSPS) is 10.2. The average Bonchev–Trinajstić information content (AvgIpc) is 2.33. The molecular formula is C9H16N6O3. The maximum Gasteiger partial charge on any atom is 0.332 e. The van der Waals surface area contributed by atoms with E-state index in [1.54, 1.807) is 0 Å². The number of unbranched alkanes of at least 4 members (excludes halogenated alkanes) is 1. The summed E-state index contributed by atoms with van der Waals surface area (Å²) in [5, 5.41) is 22.4. The van der Waals surface area contributed by atoms with Gasteiger partial charge in [0.05, 0.1) is 4.92 Å². The number of hydrogen-bond donors (Lipinski definition) is 4. The zero-order chi connectivity index (χ0) is 13.5. The van der Waals surface area contributed by atoms with Crippen LogP contribution in [0.2, 0.25) is 0 Å². The molecule has 0 saturated heterocycles. The van der Waals surface area contributed by atoms with Gasteiger partial charge >= 0.3 is 5.69 Å². The summed E-state index contributed by atoms with van der Waals surface area (Å²) in [6.45, 7) is 2.07. The van der Waals surface area contributed by atoms with Crippen LogP contribution in [-0.4, -0.2) is 33.1 Å². The third kappa shape index (κ3) is 3.50. The molecule has 0 unspecified atom stereocenters. The molecule has 1 rings (SSSR count). The van der Waals surface area contributed by atoms with Gasteiger partial charge in [0.1, 0.15) is 5.69 Å². The molecule has 0 spiro atoms. The van der Waals surface area contributed by atoms with Gasteiger partial charge in [0.25, 0.3) is 0 Å². The van der Waals surface area contributed by atoms with Gasteiger partial charge in [0.2, 0.25) is 11.8 Å². The number of nitrogens with one attached hydrogen (secondary N) is 2. The summed E-state index contributed by atoms with van der Waals surface area (Å²) in [4.78, 5) is 18.1. The predicted octanol–water partition coefficient (Wildman–Crippen LogP) is 0.163. The number of nitrogen functional groups attached to an aromatic ring is 1. The number of aliphatic hydroxyl groups excluding tert-OH is 1. The first-order valence-corrected chi connectivity index (χ1v) is 5.44. The van der Waals surface area contributed by atoms with E-state index in [2.05, 4.69) is 20.7 Å². The Labute approximate surface area is 104 Å². The number of nitrogens with zero attached hydrogens (tertiary/aromatic N) is 3. The minimum absolute atomic E-state index is 0.0855. The molecule has 1 aromatic rings. The molecule has 9 heteroatoms. The van der Waals surface area contributed by atoms with Crippen molar-refractivity contribution in [3.63, 3.8) is 0 Å². The van der Waals surface area contributed by atoms with Crippen LogP contribution in [-0.2, 0) is 0 Å². The van der Waals surface area contributed by atoms with E-state index < -0.39 is 4.92 Å². The molecule has 0 aliphatic rings. The van der Waals surface area contributed by atoms with Gasteiger partial charge in [-0.3, -0.25) is 15.5 Å². The zero-order valence-corrected chi connectivity index (χ0v) is 10.0. The number of nitrogens with two attached hydrogens (primary N) is 1. The molecule has 0 amide bonds. The summed E-state index contributed by atoms with van der Waals surface area (Å²) < 4.78 is 0. The number of aliphatic hydroxyl groups is 1. The van der Waals surface area contributed by atoms with Gasteiger partial charge in [-0.2, -0.15) is 4.98 Å². The van der Waals surface area contributed by atoms with Crippen molar-refractivity contribution < 1.29 is 10.0 Å². The van der Waals surface area contributed by atoms with Crippen molar-refractivity contribution in [1.29, 1.82) is 0 Å². The lowest BCUT2D eigenvalue weighted by atomic mass is 10.3. The first-order chi connectivity index (χ1) is 8.60. The van der Waals surface area contributed by atoms with Crippen LogP contribution >= 0.6 is 0 Å². The van der Waals surface area contributed by atoms with E-state index >= 15 is 0 Å². The number of hydrogen-bond acceptors (Lipinski definition) is 8. The molecule has 0 aliphatic carbocycles. The Morgan fingerprint density at radius 1 is 1.44 bits per heavy atom. The fraction of sp³-hybridized carbons (Fsp3) is 0.556. The molecule has 0 radical (unpaired) electrons. The van der Waals surface area contributed by atoms with Crippen LogP contribution in [0, 0.1) is 17.0 Å². The summed E-state index contributed by atoms with van der Waals surface area (Å²) >= 11 is 0. The standard InChI is InChI=1S/C9H16N6O3/c1-6-7(15(17)18)8(11-4-2-3-5-16)13-9(12-6)14-10/h16H,2-5,10H2,1H3,(H2,11,12,13,14). The molecule has 9 nitrogen and oxygen atoms in total. The summed E-state index contributed by atoms with van der Waals surface area (Å²) in [6.07, 6.45) is 1.30. The topological polar surface area (TPSA) is 139 Å². The Hall–Kier alpha value is -2.00. The van der Waals surface area contributed by atoms with Crippen LogP contribution in [0.1, 0.15) is 18.5 Å². The summed E-state index contributed by atoms with van der Waals surface area (Å²) in [5.41, 5.74) is 2.31. The lowest BCUT2D eigenvalue weighted by Gasteiger charge is -2.08.